The summed E-state index contributed by atoms with van der Waals surface area (Å²) in [7, 11) is -1.12. The molecule has 0 bridgehead atoms. The van der Waals surface area contributed by atoms with E-state index >= 15 is 0 Å². The van der Waals surface area contributed by atoms with Crippen LogP contribution in [0.2, 0.25) is 0 Å². The van der Waals surface area contributed by atoms with Crippen molar-refractivity contribution >= 4 is 14.8 Å². The molecule has 8 nitrogen and oxygen atoms in total. The Morgan fingerprint density at radius 1 is 1.50 bits per heavy atom. The minimum atomic E-state index is -1.12. The number of nitrogens with zero attached hydrogens (tertiary/aromatic N) is 2. The van der Waals surface area contributed by atoms with E-state index in [1.807, 2.05) is 20.5 Å². The number of aromatic amines is 1. The van der Waals surface area contributed by atoms with Crippen LogP contribution in [0, 0.1) is 6.92 Å². The fourth-order valence-electron chi connectivity index (χ4n) is 2.53. The van der Waals surface area contributed by atoms with Crippen molar-refractivity contribution in [1.82, 2.24) is 9.55 Å². The van der Waals surface area contributed by atoms with E-state index < -0.39 is 20.3 Å². The topological polar surface area (TPSA) is 94.9 Å². The van der Waals surface area contributed by atoms with Crippen LogP contribution in [0.5, 0.6) is 0 Å². The van der Waals surface area contributed by atoms with E-state index in [1.165, 1.54) is 17.2 Å². The average molecular weight is 357 g/mol. The van der Waals surface area contributed by atoms with Gasteiger partial charge in [0.05, 0.1) is 12.2 Å². The van der Waals surface area contributed by atoms with Crippen molar-refractivity contribution in [3.8, 4) is 0 Å². The third-order valence-corrected chi connectivity index (χ3v) is 4.73. The van der Waals surface area contributed by atoms with Crippen molar-refractivity contribution in [2.45, 2.75) is 52.0 Å². The summed E-state index contributed by atoms with van der Waals surface area (Å²) in [5, 5.41) is 0. The predicted octanol–water partition coefficient (Wildman–Crippen LogP) is 1.93. The van der Waals surface area contributed by atoms with Gasteiger partial charge in [-0.25, -0.2) is 4.79 Å². The van der Waals surface area contributed by atoms with Gasteiger partial charge in [0.15, 0.2) is 6.40 Å². The molecule has 4 atom stereocenters. The second-order valence-electron chi connectivity index (χ2n) is 5.54. The van der Waals surface area contributed by atoms with Gasteiger partial charge in [0.2, 0.25) is 8.38 Å². The summed E-state index contributed by atoms with van der Waals surface area (Å²) in [6.07, 6.45) is 3.44. The van der Waals surface area contributed by atoms with Crippen LogP contribution in [0.4, 0.5) is 0 Å². The van der Waals surface area contributed by atoms with Crippen molar-refractivity contribution in [1.29, 1.82) is 0 Å². The number of ether oxygens (including phenoxy) is 1. The number of hydrogen-bond acceptors (Lipinski definition) is 6. The van der Waals surface area contributed by atoms with Crippen molar-refractivity contribution in [2.75, 3.05) is 13.2 Å². The first-order valence-corrected chi connectivity index (χ1v) is 9.61. The molecule has 1 aromatic rings. The van der Waals surface area contributed by atoms with E-state index in [0.717, 1.165) is 6.42 Å². The van der Waals surface area contributed by atoms with Gasteiger partial charge < -0.3 is 13.8 Å². The van der Waals surface area contributed by atoms with Gasteiger partial charge in [0, 0.05) is 31.4 Å². The quantitative estimate of drug-likeness (QED) is 0.457. The lowest BCUT2D eigenvalue weighted by atomic mass is 10.1. The van der Waals surface area contributed by atoms with Crippen LogP contribution in [0.25, 0.3) is 0 Å². The second kappa shape index (κ2) is 8.55. The minimum Gasteiger partial charge on any atom is -0.437 e. The molecule has 4 unspecified atom stereocenters. The lowest BCUT2D eigenvalue weighted by Gasteiger charge is -2.19. The molecular weight excluding hydrogens is 333 g/mol. The van der Waals surface area contributed by atoms with Crippen LogP contribution in [0.3, 0.4) is 0 Å². The molecule has 24 heavy (non-hydrogen) atoms. The fraction of sp³-hybridized carbons (Fsp3) is 0.667. The molecule has 0 spiro atoms. The van der Waals surface area contributed by atoms with Gasteiger partial charge in [-0.05, 0) is 20.3 Å². The van der Waals surface area contributed by atoms with Crippen LogP contribution >= 0.6 is 8.38 Å². The lowest BCUT2D eigenvalue weighted by molar-refractivity contribution is -0.0177. The molecule has 1 fully saturated rings. The first-order chi connectivity index (χ1) is 11.5. The number of aromatic nitrogens is 2. The zero-order valence-electron chi connectivity index (χ0n) is 14.4. The molecule has 2 rings (SSSR count). The highest BCUT2D eigenvalue weighted by molar-refractivity contribution is 7.46. The Labute approximate surface area is 141 Å². The van der Waals surface area contributed by atoms with E-state index in [0.29, 0.717) is 18.5 Å². The number of H-pyrrole nitrogens is 1. The van der Waals surface area contributed by atoms with Gasteiger partial charge >= 0.3 is 5.69 Å². The van der Waals surface area contributed by atoms with E-state index in [-0.39, 0.29) is 17.8 Å². The first-order valence-electron chi connectivity index (χ1n) is 7.99. The van der Waals surface area contributed by atoms with Gasteiger partial charge in [0.25, 0.3) is 5.56 Å². The average Bonchev–Trinajstić information content (AvgIpc) is 2.93. The molecule has 1 aliphatic heterocycles. The highest BCUT2D eigenvalue weighted by atomic mass is 31.2. The van der Waals surface area contributed by atoms with Gasteiger partial charge in [-0.1, -0.05) is 6.92 Å². The van der Waals surface area contributed by atoms with Crippen LogP contribution in [-0.2, 0) is 13.8 Å². The van der Waals surface area contributed by atoms with Gasteiger partial charge in [0.1, 0.15) is 6.23 Å². The summed E-state index contributed by atoms with van der Waals surface area (Å²) >= 11 is 0. The molecule has 0 amide bonds. The van der Waals surface area contributed by atoms with Crippen LogP contribution in [0.15, 0.2) is 20.8 Å². The number of aliphatic imine (C=N–C) groups is 1. The Balaban J connectivity index is 2.09. The molecule has 134 valence electrons. The standard InChI is InChI=1S/C15H24N3O5P/c1-5-11-12(23-24(4)21-9-16-6-2)7-13(22-11)18-8-10(3)14(19)17-15(18)20/h8-9,11-13H,5-7H2,1-4H3,(H,17,19,20). The summed E-state index contributed by atoms with van der Waals surface area (Å²) in [4.78, 5) is 29.8. The third kappa shape index (κ3) is 4.53. The normalized spacial score (nSPS) is 25.2. The molecule has 1 N–H and O–H groups in total. The molecular formula is C15H24N3O5P. The Morgan fingerprint density at radius 3 is 2.92 bits per heavy atom. The van der Waals surface area contributed by atoms with E-state index in [2.05, 4.69) is 9.98 Å². The lowest BCUT2D eigenvalue weighted by Crippen LogP contribution is -2.33. The maximum absolute atomic E-state index is 12.0. The van der Waals surface area contributed by atoms with Gasteiger partial charge in [-0.2, -0.15) is 0 Å². The summed E-state index contributed by atoms with van der Waals surface area (Å²) < 4.78 is 18.7. The van der Waals surface area contributed by atoms with Crippen molar-refractivity contribution in [3.63, 3.8) is 0 Å². The smallest absolute Gasteiger partial charge is 0.330 e. The summed E-state index contributed by atoms with van der Waals surface area (Å²) in [6, 6.07) is 0. The fourth-order valence-corrected chi connectivity index (χ4v) is 3.39. The monoisotopic (exact) mass is 357 g/mol. The predicted molar refractivity (Wildman–Crippen MR) is 92.7 cm³/mol. The number of hydrogen-bond donors (Lipinski definition) is 1. The molecule has 1 aromatic heterocycles. The van der Waals surface area contributed by atoms with Crippen molar-refractivity contribution in [3.05, 3.63) is 32.6 Å². The zero-order chi connectivity index (χ0) is 17.7. The largest absolute Gasteiger partial charge is 0.437 e. The van der Waals surface area contributed by atoms with Gasteiger partial charge in [-0.15, -0.1) is 0 Å². The Hall–Kier alpha value is -1.50. The first kappa shape index (κ1) is 18.8. The molecule has 1 saturated heterocycles. The van der Waals surface area contributed by atoms with Crippen LogP contribution < -0.4 is 11.2 Å². The molecule has 0 saturated carbocycles. The number of aryl methyl sites for hydroxylation is 1. The van der Waals surface area contributed by atoms with Crippen LogP contribution in [0.1, 0.15) is 38.5 Å². The molecule has 1 aliphatic rings. The van der Waals surface area contributed by atoms with Crippen molar-refractivity contribution < 1.29 is 13.8 Å². The minimum absolute atomic E-state index is 0.134. The maximum Gasteiger partial charge on any atom is 0.330 e. The van der Waals surface area contributed by atoms with E-state index in [4.69, 9.17) is 13.8 Å². The van der Waals surface area contributed by atoms with Gasteiger partial charge in [-0.3, -0.25) is 19.3 Å². The SMILES string of the molecule is CCN=COP(C)OC1CC(n2cc(C)c(=O)[nH]c2=O)OC1CC. The van der Waals surface area contributed by atoms with Crippen molar-refractivity contribution in [2.24, 2.45) is 4.99 Å². The maximum atomic E-state index is 12.0. The summed E-state index contributed by atoms with van der Waals surface area (Å²) in [5.74, 6) is 0. The van der Waals surface area contributed by atoms with E-state index in [9.17, 15) is 9.59 Å². The molecule has 0 radical (unpaired) electrons. The zero-order valence-corrected chi connectivity index (χ0v) is 15.3. The molecule has 0 aliphatic carbocycles. The Kier molecular flexibility index (Phi) is 6.71. The van der Waals surface area contributed by atoms with Crippen LogP contribution in [-0.4, -0.2) is 41.4 Å². The highest BCUT2D eigenvalue weighted by Crippen LogP contribution is 2.41. The van der Waals surface area contributed by atoms with E-state index in [1.54, 1.807) is 6.92 Å². The Bertz CT molecular complexity index is 686. The number of rotatable bonds is 7. The molecule has 9 heteroatoms. The molecule has 0 aromatic carbocycles. The third-order valence-electron chi connectivity index (χ3n) is 3.78. The second-order valence-corrected chi connectivity index (χ2v) is 6.85. The summed E-state index contributed by atoms with van der Waals surface area (Å²) in [5.41, 5.74) is -0.390. The number of nitrogens with one attached hydrogen (secondary N) is 1. The molecule has 2 heterocycles. The Morgan fingerprint density at radius 2 is 2.25 bits per heavy atom. The highest BCUT2D eigenvalue weighted by Gasteiger charge is 2.37. The summed E-state index contributed by atoms with van der Waals surface area (Å²) in [6.45, 7) is 8.09.